The Morgan fingerprint density at radius 3 is 2.53 bits per heavy atom. The van der Waals surface area contributed by atoms with Crippen LogP contribution >= 0.6 is 0 Å². The van der Waals surface area contributed by atoms with Crippen molar-refractivity contribution in [3.05, 3.63) is 47.8 Å². The molecule has 2 rings (SSSR count). The number of rotatable bonds is 4. The number of nitrogens with zero attached hydrogens (tertiary/aromatic N) is 2. The van der Waals surface area contributed by atoms with E-state index in [1.807, 2.05) is 12.1 Å². The molecule has 3 N–H and O–H groups in total. The summed E-state index contributed by atoms with van der Waals surface area (Å²) in [7, 11) is 0. The van der Waals surface area contributed by atoms with E-state index in [0.717, 1.165) is 5.56 Å². The number of ether oxygens (including phenoxy) is 1. The molecule has 5 heteroatoms. The van der Waals surface area contributed by atoms with E-state index < -0.39 is 0 Å². The molecule has 1 aromatic heterocycles. The Hall–Kier alpha value is -1.98. The van der Waals surface area contributed by atoms with Crippen LogP contribution in [0.4, 0.5) is 0 Å². The van der Waals surface area contributed by atoms with E-state index in [9.17, 15) is 0 Å². The van der Waals surface area contributed by atoms with Gasteiger partial charge in [0, 0.05) is 30.1 Å². The first-order chi connectivity index (χ1) is 8.33. The standard InChI is InChI=1S/C12H13N3O2/c13-5-9-6-14-12(15-7-9)17-11-4-2-1-3-10(11)8-16/h1-4,6-7,16H,5,8,13H2. The normalized spacial score (nSPS) is 10.2. The molecule has 5 nitrogen and oxygen atoms in total. The first-order valence-electron chi connectivity index (χ1n) is 5.21. The average molecular weight is 231 g/mol. The number of aliphatic hydroxyl groups is 1. The van der Waals surface area contributed by atoms with Gasteiger partial charge >= 0.3 is 6.01 Å². The molecule has 17 heavy (non-hydrogen) atoms. The molecule has 2 aromatic rings. The van der Waals surface area contributed by atoms with E-state index in [4.69, 9.17) is 15.6 Å². The molecule has 1 heterocycles. The average Bonchev–Trinajstić information content (AvgIpc) is 2.40. The first-order valence-corrected chi connectivity index (χ1v) is 5.21. The molecule has 0 aliphatic rings. The molecule has 0 radical (unpaired) electrons. The Balaban J connectivity index is 2.19. The zero-order valence-corrected chi connectivity index (χ0v) is 9.21. The molecule has 0 fully saturated rings. The van der Waals surface area contributed by atoms with Gasteiger partial charge in [-0.1, -0.05) is 18.2 Å². The molecule has 0 bridgehead atoms. The lowest BCUT2D eigenvalue weighted by molar-refractivity contribution is 0.275. The molecule has 0 saturated carbocycles. The summed E-state index contributed by atoms with van der Waals surface area (Å²) in [6.45, 7) is 0.310. The number of para-hydroxylation sites is 1. The van der Waals surface area contributed by atoms with Crippen LogP contribution in [0.25, 0.3) is 0 Å². The lowest BCUT2D eigenvalue weighted by atomic mass is 10.2. The Morgan fingerprint density at radius 2 is 1.88 bits per heavy atom. The van der Waals surface area contributed by atoms with Crippen LogP contribution in [0, 0.1) is 0 Å². The Labute approximate surface area is 98.9 Å². The van der Waals surface area contributed by atoms with Gasteiger partial charge in [0.05, 0.1) is 6.61 Å². The smallest absolute Gasteiger partial charge is 0.321 e. The van der Waals surface area contributed by atoms with E-state index in [1.165, 1.54) is 0 Å². The van der Waals surface area contributed by atoms with Gasteiger partial charge in [0.1, 0.15) is 5.75 Å². The van der Waals surface area contributed by atoms with Crippen LogP contribution in [-0.4, -0.2) is 15.1 Å². The van der Waals surface area contributed by atoms with Crippen LogP contribution < -0.4 is 10.5 Å². The molecule has 0 amide bonds. The molecule has 0 saturated heterocycles. The van der Waals surface area contributed by atoms with Gasteiger partial charge in [-0.15, -0.1) is 0 Å². The summed E-state index contributed by atoms with van der Waals surface area (Å²) in [5, 5.41) is 9.14. The SMILES string of the molecule is NCc1cnc(Oc2ccccc2CO)nc1. The van der Waals surface area contributed by atoms with Crippen molar-refractivity contribution in [1.29, 1.82) is 0 Å². The molecular formula is C12H13N3O2. The van der Waals surface area contributed by atoms with Crippen molar-refractivity contribution < 1.29 is 9.84 Å². The molecule has 88 valence electrons. The minimum absolute atomic E-state index is 0.0863. The number of aliphatic hydroxyl groups excluding tert-OH is 1. The highest BCUT2D eigenvalue weighted by atomic mass is 16.5. The molecular weight excluding hydrogens is 218 g/mol. The van der Waals surface area contributed by atoms with Crippen molar-refractivity contribution in [2.75, 3.05) is 0 Å². The number of nitrogens with two attached hydrogens (primary N) is 1. The van der Waals surface area contributed by atoms with Gasteiger partial charge in [-0.2, -0.15) is 0 Å². The van der Waals surface area contributed by atoms with E-state index in [-0.39, 0.29) is 12.6 Å². The van der Waals surface area contributed by atoms with Crippen molar-refractivity contribution in [2.24, 2.45) is 5.73 Å². The highest BCUT2D eigenvalue weighted by molar-refractivity contribution is 5.34. The third kappa shape index (κ3) is 2.77. The quantitative estimate of drug-likeness (QED) is 0.826. The highest BCUT2D eigenvalue weighted by Crippen LogP contribution is 2.22. The topological polar surface area (TPSA) is 81.3 Å². The summed E-state index contributed by atoms with van der Waals surface area (Å²) in [4.78, 5) is 8.05. The highest BCUT2D eigenvalue weighted by Gasteiger charge is 2.04. The van der Waals surface area contributed by atoms with Crippen molar-refractivity contribution in [1.82, 2.24) is 9.97 Å². The van der Waals surface area contributed by atoms with Gasteiger partial charge in [0.25, 0.3) is 0 Å². The Kier molecular flexibility index (Phi) is 3.64. The van der Waals surface area contributed by atoms with Crippen LogP contribution in [0.5, 0.6) is 11.8 Å². The molecule has 1 aromatic carbocycles. The maximum atomic E-state index is 9.14. The number of hydrogen-bond donors (Lipinski definition) is 2. The first kappa shape index (κ1) is 11.5. The molecule has 0 spiro atoms. The molecule has 0 aliphatic heterocycles. The van der Waals surface area contributed by atoms with Gasteiger partial charge in [-0.3, -0.25) is 0 Å². The second-order valence-corrected chi connectivity index (χ2v) is 3.45. The van der Waals surface area contributed by atoms with Gasteiger partial charge in [0.2, 0.25) is 0 Å². The number of aromatic nitrogens is 2. The predicted octanol–water partition coefficient (Wildman–Crippen LogP) is 1.22. The Morgan fingerprint density at radius 1 is 1.18 bits per heavy atom. The second-order valence-electron chi connectivity index (χ2n) is 3.45. The van der Waals surface area contributed by atoms with Crippen molar-refractivity contribution in [3.63, 3.8) is 0 Å². The van der Waals surface area contributed by atoms with Gasteiger partial charge in [0.15, 0.2) is 0 Å². The van der Waals surface area contributed by atoms with Gasteiger partial charge in [-0.05, 0) is 6.07 Å². The van der Waals surface area contributed by atoms with E-state index >= 15 is 0 Å². The second kappa shape index (κ2) is 5.38. The summed E-state index contributed by atoms with van der Waals surface area (Å²) in [5.74, 6) is 0.551. The van der Waals surface area contributed by atoms with Crippen molar-refractivity contribution in [2.45, 2.75) is 13.2 Å². The van der Waals surface area contributed by atoms with Crippen LogP contribution in [0.15, 0.2) is 36.7 Å². The lowest BCUT2D eigenvalue weighted by Gasteiger charge is -2.07. The number of benzene rings is 1. The molecule has 0 unspecified atom stereocenters. The zero-order valence-electron chi connectivity index (χ0n) is 9.21. The van der Waals surface area contributed by atoms with Crippen LogP contribution in [0.3, 0.4) is 0 Å². The van der Waals surface area contributed by atoms with Crippen molar-refractivity contribution >= 4 is 0 Å². The van der Waals surface area contributed by atoms with Gasteiger partial charge in [-0.25, -0.2) is 9.97 Å². The fraction of sp³-hybridized carbons (Fsp3) is 0.167. The minimum Gasteiger partial charge on any atom is -0.424 e. The summed E-state index contributed by atoms with van der Waals surface area (Å²) >= 11 is 0. The van der Waals surface area contributed by atoms with Crippen LogP contribution in [-0.2, 0) is 13.2 Å². The summed E-state index contributed by atoms with van der Waals surface area (Å²) in [6.07, 6.45) is 3.23. The Bertz CT molecular complexity index is 485. The van der Waals surface area contributed by atoms with Gasteiger partial charge < -0.3 is 15.6 Å². The fourth-order valence-corrected chi connectivity index (χ4v) is 1.33. The van der Waals surface area contributed by atoms with E-state index in [0.29, 0.717) is 17.9 Å². The summed E-state index contributed by atoms with van der Waals surface area (Å²) in [6, 6.07) is 7.43. The van der Waals surface area contributed by atoms with E-state index in [2.05, 4.69) is 9.97 Å². The zero-order chi connectivity index (χ0) is 12.1. The van der Waals surface area contributed by atoms with Crippen LogP contribution in [0.1, 0.15) is 11.1 Å². The third-order valence-corrected chi connectivity index (χ3v) is 2.26. The summed E-state index contributed by atoms with van der Waals surface area (Å²) in [5.41, 5.74) is 6.98. The predicted molar refractivity (Wildman–Crippen MR) is 62.4 cm³/mol. The molecule has 0 aliphatic carbocycles. The summed E-state index contributed by atoms with van der Waals surface area (Å²) < 4.78 is 5.48. The maximum Gasteiger partial charge on any atom is 0.321 e. The van der Waals surface area contributed by atoms with Crippen LogP contribution in [0.2, 0.25) is 0 Å². The largest absolute Gasteiger partial charge is 0.424 e. The maximum absolute atomic E-state index is 9.14. The number of hydrogen-bond acceptors (Lipinski definition) is 5. The molecule has 0 atom stereocenters. The minimum atomic E-state index is -0.0863. The van der Waals surface area contributed by atoms with E-state index in [1.54, 1.807) is 24.5 Å². The fourth-order valence-electron chi connectivity index (χ4n) is 1.33. The van der Waals surface area contributed by atoms with Crippen molar-refractivity contribution in [3.8, 4) is 11.8 Å². The monoisotopic (exact) mass is 231 g/mol. The third-order valence-electron chi connectivity index (χ3n) is 2.26. The lowest BCUT2D eigenvalue weighted by Crippen LogP contribution is -2.00.